The highest BCUT2D eigenvalue weighted by Crippen LogP contribution is 2.11. The molecule has 1 atom stereocenters. The standard InChI is InChI=1S/C12H16BrNO/c1-9(13)8-10-4-6-11(7-5-10)12(15)14(2)3/h4-7,9H,8H2,1-3H3. The minimum absolute atomic E-state index is 0.0495. The van der Waals surface area contributed by atoms with Crippen molar-refractivity contribution in [2.24, 2.45) is 0 Å². The zero-order valence-electron chi connectivity index (χ0n) is 9.33. The quantitative estimate of drug-likeness (QED) is 0.773. The van der Waals surface area contributed by atoms with E-state index in [9.17, 15) is 4.79 Å². The first-order chi connectivity index (χ1) is 7.00. The first-order valence-electron chi connectivity index (χ1n) is 4.95. The van der Waals surface area contributed by atoms with Gasteiger partial charge in [-0.2, -0.15) is 0 Å². The molecule has 0 aliphatic carbocycles. The van der Waals surface area contributed by atoms with Crippen molar-refractivity contribution in [2.45, 2.75) is 18.2 Å². The first kappa shape index (κ1) is 12.2. The molecule has 1 aromatic carbocycles. The monoisotopic (exact) mass is 269 g/mol. The number of alkyl halides is 1. The van der Waals surface area contributed by atoms with Crippen molar-refractivity contribution in [1.29, 1.82) is 0 Å². The van der Waals surface area contributed by atoms with Crippen LogP contribution in [0.2, 0.25) is 0 Å². The van der Waals surface area contributed by atoms with Crippen molar-refractivity contribution in [3.05, 3.63) is 35.4 Å². The van der Waals surface area contributed by atoms with Gasteiger partial charge in [-0.25, -0.2) is 0 Å². The van der Waals surface area contributed by atoms with Crippen LogP contribution in [-0.2, 0) is 6.42 Å². The molecule has 3 heteroatoms. The summed E-state index contributed by atoms with van der Waals surface area (Å²) in [5.41, 5.74) is 1.99. The topological polar surface area (TPSA) is 20.3 Å². The van der Waals surface area contributed by atoms with Crippen molar-refractivity contribution in [1.82, 2.24) is 4.90 Å². The summed E-state index contributed by atoms with van der Waals surface area (Å²) in [6, 6.07) is 7.78. The van der Waals surface area contributed by atoms with Gasteiger partial charge >= 0.3 is 0 Å². The Bertz CT molecular complexity index is 330. The Kier molecular flexibility index (Phi) is 4.33. The zero-order chi connectivity index (χ0) is 11.4. The molecule has 0 saturated heterocycles. The minimum Gasteiger partial charge on any atom is -0.345 e. The molecule has 1 aromatic rings. The second-order valence-electron chi connectivity index (χ2n) is 3.88. The molecule has 0 fully saturated rings. The molecule has 15 heavy (non-hydrogen) atoms. The van der Waals surface area contributed by atoms with Crippen LogP contribution in [0.25, 0.3) is 0 Å². The van der Waals surface area contributed by atoms with E-state index in [0.717, 1.165) is 12.0 Å². The molecule has 2 nitrogen and oxygen atoms in total. The maximum Gasteiger partial charge on any atom is 0.253 e. The van der Waals surface area contributed by atoms with Crippen molar-refractivity contribution in [3.63, 3.8) is 0 Å². The van der Waals surface area contributed by atoms with Crippen molar-refractivity contribution < 1.29 is 4.79 Å². The fourth-order valence-corrected chi connectivity index (χ4v) is 1.74. The van der Waals surface area contributed by atoms with Crippen LogP contribution < -0.4 is 0 Å². The third-order valence-corrected chi connectivity index (χ3v) is 2.45. The molecule has 0 aliphatic rings. The summed E-state index contributed by atoms with van der Waals surface area (Å²) in [7, 11) is 3.52. The largest absolute Gasteiger partial charge is 0.345 e. The molecule has 1 amide bonds. The lowest BCUT2D eigenvalue weighted by Gasteiger charge is -2.10. The summed E-state index contributed by atoms with van der Waals surface area (Å²) >= 11 is 3.51. The average Bonchev–Trinajstić information content (AvgIpc) is 2.17. The zero-order valence-corrected chi connectivity index (χ0v) is 10.9. The normalized spacial score (nSPS) is 12.3. The number of nitrogens with zero attached hydrogens (tertiary/aromatic N) is 1. The van der Waals surface area contributed by atoms with Gasteiger partial charge in [0.2, 0.25) is 0 Å². The summed E-state index contributed by atoms with van der Waals surface area (Å²) in [6.07, 6.45) is 0.983. The maximum absolute atomic E-state index is 11.6. The van der Waals surface area contributed by atoms with E-state index in [2.05, 4.69) is 22.9 Å². The molecule has 1 rings (SSSR count). The number of rotatable bonds is 3. The van der Waals surface area contributed by atoms with Crippen LogP contribution >= 0.6 is 15.9 Å². The Balaban J connectivity index is 2.76. The molecule has 0 heterocycles. The second-order valence-corrected chi connectivity index (χ2v) is 5.44. The minimum atomic E-state index is 0.0495. The van der Waals surface area contributed by atoms with Crippen LogP contribution in [0, 0.1) is 0 Å². The van der Waals surface area contributed by atoms with Crippen LogP contribution in [0.15, 0.2) is 24.3 Å². The fourth-order valence-electron chi connectivity index (χ4n) is 1.37. The van der Waals surface area contributed by atoms with E-state index in [1.165, 1.54) is 5.56 Å². The van der Waals surface area contributed by atoms with Gasteiger partial charge in [0.15, 0.2) is 0 Å². The molecule has 0 aliphatic heterocycles. The molecule has 0 radical (unpaired) electrons. The Morgan fingerprint density at radius 1 is 1.33 bits per heavy atom. The molecule has 82 valence electrons. The molecular formula is C12H16BrNO. The highest BCUT2D eigenvalue weighted by atomic mass is 79.9. The van der Waals surface area contributed by atoms with Gasteiger partial charge in [-0.15, -0.1) is 0 Å². The number of halogens is 1. The van der Waals surface area contributed by atoms with Gasteiger partial charge in [0.05, 0.1) is 0 Å². The Morgan fingerprint density at radius 2 is 1.87 bits per heavy atom. The smallest absolute Gasteiger partial charge is 0.253 e. The summed E-state index contributed by atoms with van der Waals surface area (Å²) in [4.78, 5) is 13.6. The third-order valence-electron chi connectivity index (χ3n) is 2.12. The molecule has 0 saturated carbocycles. The predicted molar refractivity (Wildman–Crippen MR) is 66.6 cm³/mol. The van der Waals surface area contributed by atoms with Gasteiger partial charge in [0, 0.05) is 24.5 Å². The summed E-state index contributed by atoms with van der Waals surface area (Å²) < 4.78 is 0. The van der Waals surface area contributed by atoms with Gasteiger partial charge in [0.25, 0.3) is 5.91 Å². The summed E-state index contributed by atoms with van der Waals surface area (Å²) in [6.45, 7) is 2.11. The maximum atomic E-state index is 11.6. The second kappa shape index (κ2) is 5.31. The van der Waals surface area contributed by atoms with E-state index in [-0.39, 0.29) is 5.91 Å². The molecule has 1 unspecified atom stereocenters. The Morgan fingerprint density at radius 3 is 2.27 bits per heavy atom. The molecule has 0 spiro atoms. The van der Waals surface area contributed by atoms with Crippen molar-refractivity contribution >= 4 is 21.8 Å². The number of carbonyl (C=O) groups excluding carboxylic acids is 1. The van der Waals surface area contributed by atoms with Crippen LogP contribution in [0.5, 0.6) is 0 Å². The third kappa shape index (κ3) is 3.67. The van der Waals surface area contributed by atoms with Crippen LogP contribution in [-0.4, -0.2) is 29.7 Å². The van der Waals surface area contributed by atoms with Crippen molar-refractivity contribution in [3.8, 4) is 0 Å². The van der Waals surface area contributed by atoms with Crippen LogP contribution in [0.3, 0.4) is 0 Å². The van der Waals surface area contributed by atoms with E-state index < -0.39 is 0 Å². The fraction of sp³-hybridized carbons (Fsp3) is 0.417. The van der Waals surface area contributed by atoms with Gasteiger partial charge in [-0.3, -0.25) is 4.79 Å². The number of benzene rings is 1. The average molecular weight is 270 g/mol. The molecule has 0 N–H and O–H groups in total. The van der Waals surface area contributed by atoms with E-state index in [1.54, 1.807) is 19.0 Å². The van der Waals surface area contributed by atoms with Gasteiger partial charge < -0.3 is 4.90 Å². The van der Waals surface area contributed by atoms with E-state index in [4.69, 9.17) is 0 Å². The highest BCUT2D eigenvalue weighted by molar-refractivity contribution is 9.09. The van der Waals surface area contributed by atoms with E-state index >= 15 is 0 Å². The Labute approximate surface area is 99.4 Å². The number of carbonyl (C=O) groups is 1. The summed E-state index contributed by atoms with van der Waals surface area (Å²) in [5, 5.41) is 0. The molecule has 0 bridgehead atoms. The van der Waals surface area contributed by atoms with Crippen LogP contribution in [0.1, 0.15) is 22.8 Å². The van der Waals surface area contributed by atoms with E-state index in [0.29, 0.717) is 4.83 Å². The number of hydrogen-bond acceptors (Lipinski definition) is 1. The summed E-state index contributed by atoms with van der Waals surface area (Å²) in [5.74, 6) is 0.0495. The van der Waals surface area contributed by atoms with Crippen molar-refractivity contribution in [2.75, 3.05) is 14.1 Å². The van der Waals surface area contributed by atoms with E-state index in [1.807, 2.05) is 24.3 Å². The van der Waals surface area contributed by atoms with Gasteiger partial charge in [-0.1, -0.05) is 35.0 Å². The van der Waals surface area contributed by atoms with Gasteiger partial charge in [0.1, 0.15) is 0 Å². The number of hydrogen-bond donors (Lipinski definition) is 0. The molecular weight excluding hydrogens is 254 g/mol. The molecule has 0 aromatic heterocycles. The highest BCUT2D eigenvalue weighted by Gasteiger charge is 2.07. The lowest BCUT2D eigenvalue weighted by Crippen LogP contribution is -2.21. The van der Waals surface area contributed by atoms with Gasteiger partial charge in [-0.05, 0) is 24.1 Å². The lowest BCUT2D eigenvalue weighted by atomic mass is 10.1. The Hall–Kier alpha value is -0.830. The van der Waals surface area contributed by atoms with Crippen LogP contribution in [0.4, 0.5) is 0 Å². The first-order valence-corrected chi connectivity index (χ1v) is 5.87. The lowest BCUT2D eigenvalue weighted by molar-refractivity contribution is 0.0827. The number of amides is 1. The SMILES string of the molecule is CC(Br)Cc1ccc(C(=O)N(C)C)cc1. The predicted octanol–water partition coefficient (Wildman–Crippen LogP) is 2.71.